The molecule has 4 heteroatoms. The number of rotatable bonds is 0. The van der Waals surface area contributed by atoms with Crippen LogP contribution in [0.1, 0.15) is 25.8 Å². The molecule has 1 aliphatic heterocycles. The number of carbonyl (C=O) groups excluding carboxylic acids is 1. The minimum atomic E-state index is 0.0386. The Bertz CT molecular complexity index is 445. The van der Waals surface area contributed by atoms with Crippen molar-refractivity contribution in [1.82, 2.24) is 0 Å². The van der Waals surface area contributed by atoms with Gasteiger partial charge in [-0.25, -0.2) is 0 Å². The summed E-state index contributed by atoms with van der Waals surface area (Å²) in [7, 11) is 1.88. The van der Waals surface area contributed by atoms with E-state index in [9.17, 15) is 9.90 Å². The van der Waals surface area contributed by atoms with Crippen LogP contribution in [0, 0.1) is 0 Å². The van der Waals surface area contributed by atoms with E-state index in [2.05, 4.69) is 0 Å². The molecule has 1 atom stereocenters. The predicted octanol–water partition coefficient (Wildman–Crippen LogP) is 0.338. The van der Waals surface area contributed by atoms with E-state index in [1.807, 2.05) is 26.9 Å². The molecular formula is C12H16BNO2. The fraction of sp³-hybridized carbons (Fsp3) is 0.417. The first-order valence-corrected chi connectivity index (χ1v) is 5.63. The van der Waals surface area contributed by atoms with Gasteiger partial charge < -0.3 is 10.0 Å². The molecule has 1 aliphatic rings. The van der Waals surface area contributed by atoms with Crippen LogP contribution in [0.3, 0.4) is 0 Å². The van der Waals surface area contributed by atoms with E-state index < -0.39 is 0 Å². The number of amides is 1. The van der Waals surface area contributed by atoms with E-state index in [-0.39, 0.29) is 11.9 Å². The highest BCUT2D eigenvalue weighted by atomic mass is 16.3. The molecule has 1 N–H and O–H groups in total. The van der Waals surface area contributed by atoms with Crippen molar-refractivity contribution in [3.05, 3.63) is 17.7 Å². The van der Waals surface area contributed by atoms with Gasteiger partial charge in [0, 0.05) is 18.5 Å². The molecule has 1 aromatic rings. The molecule has 0 bridgehead atoms. The first kappa shape index (κ1) is 11.1. The third-order valence-electron chi connectivity index (χ3n) is 3.31. The second-order valence-electron chi connectivity index (χ2n) is 4.51. The zero-order valence-corrected chi connectivity index (χ0v) is 9.95. The summed E-state index contributed by atoms with van der Waals surface area (Å²) in [6.45, 7) is 3.61. The van der Waals surface area contributed by atoms with Crippen molar-refractivity contribution in [2.45, 2.75) is 32.7 Å². The zero-order valence-electron chi connectivity index (χ0n) is 9.95. The zero-order chi connectivity index (χ0) is 11.9. The molecule has 16 heavy (non-hydrogen) atoms. The first-order chi connectivity index (χ1) is 7.52. The van der Waals surface area contributed by atoms with Gasteiger partial charge in [-0.3, -0.25) is 4.79 Å². The molecule has 1 aromatic carbocycles. The summed E-state index contributed by atoms with van der Waals surface area (Å²) in [5, 5.41) is 9.99. The highest BCUT2D eigenvalue weighted by molar-refractivity contribution is 6.34. The number of phenols is 1. The molecule has 84 valence electrons. The van der Waals surface area contributed by atoms with Crippen LogP contribution in [-0.4, -0.2) is 24.9 Å². The van der Waals surface area contributed by atoms with Crippen LogP contribution in [0.25, 0.3) is 0 Å². The van der Waals surface area contributed by atoms with E-state index >= 15 is 0 Å². The van der Waals surface area contributed by atoms with Crippen molar-refractivity contribution in [3.8, 4) is 5.75 Å². The largest absolute Gasteiger partial charge is 0.508 e. The molecule has 0 fully saturated rings. The molecule has 2 rings (SSSR count). The lowest BCUT2D eigenvalue weighted by molar-refractivity contribution is -0.117. The number of anilines is 1. The Morgan fingerprint density at radius 1 is 1.56 bits per heavy atom. The van der Waals surface area contributed by atoms with Crippen molar-refractivity contribution in [2.75, 3.05) is 4.90 Å². The van der Waals surface area contributed by atoms with Gasteiger partial charge >= 0.3 is 0 Å². The Morgan fingerprint density at radius 3 is 2.88 bits per heavy atom. The van der Waals surface area contributed by atoms with Gasteiger partial charge in [0.15, 0.2) is 0 Å². The Labute approximate surface area is 96.5 Å². The van der Waals surface area contributed by atoms with Gasteiger partial charge in [0.25, 0.3) is 0 Å². The number of benzene rings is 1. The third kappa shape index (κ3) is 1.58. The van der Waals surface area contributed by atoms with Crippen molar-refractivity contribution >= 4 is 24.9 Å². The van der Waals surface area contributed by atoms with Gasteiger partial charge in [-0.2, -0.15) is 0 Å². The number of carbonyl (C=O) groups is 1. The van der Waals surface area contributed by atoms with Crippen LogP contribution in [0.2, 0.25) is 0 Å². The Morgan fingerprint density at radius 2 is 2.25 bits per heavy atom. The predicted molar refractivity (Wildman–Crippen MR) is 67.2 cm³/mol. The Kier molecular flexibility index (Phi) is 2.66. The topological polar surface area (TPSA) is 40.5 Å². The minimum absolute atomic E-state index is 0.0386. The van der Waals surface area contributed by atoms with E-state index in [1.54, 1.807) is 11.8 Å². The van der Waals surface area contributed by atoms with Gasteiger partial charge in [0.2, 0.25) is 5.91 Å². The SMILES string of the molecule is Bc1ccc2c(c1O)CC[C@H](C)N2C(C)=O. The molecule has 0 unspecified atom stereocenters. The average molecular weight is 217 g/mol. The number of hydrogen-bond acceptors (Lipinski definition) is 2. The van der Waals surface area contributed by atoms with Gasteiger partial charge in [-0.05, 0) is 31.3 Å². The molecule has 0 saturated heterocycles. The van der Waals surface area contributed by atoms with Crippen molar-refractivity contribution in [3.63, 3.8) is 0 Å². The van der Waals surface area contributed by atoms with Crippen LogP contribution in [0.4, 0.5) is 5.69 Å². The maximum atomic E-state index is 11.6. The summed E-state index contributed by atoms with van der Waals surface area (Å²) in [6, 6.07) is 4.01. The smallest absolute Gasteiger partial charge is 0.224 e. The third-order valence-corrected chi connectivity index (χ3v) is 3.31. The normalized spacial score (nSPS) is 19.4. The quantitative estimate of drug-likeness (QED) is 0.636. The first-order valence-electron chi connectivity index (χ1n) is 5.63. The molecule has 0 aliphatic carbocycles. The molecule has 0 saturated carbocycles. The van der Waals surface area contributed by atoms with Gasteiger partial charge in [-0.15, -0.1) is 0 Å². The summed E-state index contributed by atoms with van der Waals surface area (Å²) in [5.74, 6) is 0.382. The van der Waals surface area contributed by atoms with Crippen molar-refractivity contribution in [1.29, 1.82) is 0 Å². The van der Waals surface area contributed by atoms with Crippen LogP contribution in [0.5, 0.6) is 5.75 Å². The summed E-state index contributed by atoms with van der Waals surface area (Å²) in [4.78, 5) is 13.4. The number of aromatic hydroxyl groups is 1. The monoisotopic (exact) mass is 217 g/mol. The summed E-state index contributed by atoms with van der Waals surface area (Å²) < 4.78 is 0. The second-order valence-corrected chi connectivity index (χ2v) is 4.51. The highest BCUT2D eigenvalue weighted by Gasteiger charge is 2.27. The molecule has 3 nitrogen and oxygen atoms in total. The number of nitrogens with zero attached hydrogens (tertiary/aromatic N) is 1. The maximum absolute atomic E-state index is 11.6. The van der Waals surface area contributed by atoms with Gasteiger partial charge in [0.05, 0.1) is 5.69 Å². The van der Waals surface area contributed by atoms with E-state index in [4.69, 9.17) is 0 Å². The minimum Gasteiger partial charge on any atom is -0.508 e. The standard InChI is InChI=1S/C12H16BNO2/c1-7-3-4-9-11(14(7)8(2)15)6-5-10(13)12(9)16/h5-7,16H,3-4,13H2,1-2H3/t7-/m0/s1. The molecule has 1 heterocycles. The number of hydrogen-bond donors (Lipinski definition) is 1. The molecule has 0 spiro atoms. The van der Waals surface area contributed by atoms with E-state index in [0.717, 1.165) is 29.6 Å². The van der Waals surface area contributed by atoms with E-state index in [1.165, 1.54) is 0 Å². The van der Waals surface area contributed by atoms with Crippen LogP contribution in [0.15, 0.2) is 12.1 Å². The van der Waals surface area contributed by atoms with Gasteiger partial charge in [0.1, 0.15) is 13.6 Å². The lowest BCUT2D eigenvalue weighted by atomic mass is 9.87. The summed E-state index contributed by atoms with van der Waals surface area (Å²) in [6.07, 6.45) is 1.75. The number of fused-ring (bicyclic) bond motifs is 1. The van der Waals surface area contributed by atoms with Crippen molar-refractivity contribution < 1.29 is 9.90 Å². The lowest BCUT2D eigenvalue weighted by Gasteiger charge is -2.35. The second kappa shape index (κ2) is 3.85. The van der Waals surface area contributed by atoms with Crippen LogP contribution in [-0.2, 0) is 11.2 Å². The Balaban J connectivity index is 2.57. The summed E-state index contributed by atoms with van der Waals surface area (Å²) >= 11 is 0. The number of phenolic OH excluding ortho intramolecular Hbond substituents is 1. The molecule has 0 radical (unpaired) electrons. The fourth-order valence-electron chi connectivity index (χ4n) is 2.41. The van der Waals surface area contributed by atoms with Crippen LogP contribution >= 0.6 is 0 Å². The summed E-state index contributed by atoms with van der Waals surface area (Å²) in [5.41, 5.74) is 2.65. The van der Waals surface area contributed by atoms with E-state index in [0.29, 0.717) is 5.75 Å². The molecule has 0 aromatic heterocycles. The lowest BCUT2D eigenvalue weighted by Crippen LogP contribution is -2.41. The Hall–Kier alpha value is -1.45. The molecule has 1 amide bonds. The average Bonchev–Trinajstić information content (AvgIpc) is 2.22. The van der Waals surface area contributed by atoms with Gasteiger partial charge in [-0.1, -0.05) is 6.07 Å². The van der Waals surface area contributed by atoms with Crippen LogP contribution < -0.4 is 10.4 Å². The fourth-order valence-corrected chi connectivity index (χ4v) is 2.41. The van der Waals surface area contributed by atoms with Crippen molar-refractivity contribution in [2.24, 2.45) is 0 Å². The molecular weight excluding hydrogens is 201 g/mol. The maximum Gasteiger partial charge on any atom is 0.224 e. The highest BCUT2D eigenvalue weighted by Crippen LogP contribution is 2.34.